The molecule has 8 heteroatoms. The lowest BCUT2D eigenvalue weighted by molar-refractivity contribution is 0.335. The van der Waals surface area contributed by atoms with Gasteiger partial charge < -0.3 is 4.98 Å². The van der Waals surface area contributed by atoms with Crippen molar-refractivity contribution in [2.24, 2.45) is 0 Å². The second kappa shape index (κ2) is 6.33. The number of halogens is 2. The predicted octanol–water partition coefficient (Wildman–Crippen LogP) is 3.53. The second-order valence-electron chi connectivity index (χ2n) is 6.48. The van der Waals surface area contributed by atoms with E-state index in [2.05, 4.69) is 9.97 Å². The van der Waals surface area contributed by atoms with Gasteiger partial charge in [0.1, 0.15) is 11.0 Å². The largest absolute Gasteiger partial charge is 0.357 e. The number of nitrogens with one attached hydrogen (secondary N) is 1. The molecule has 0 bridgehead atoms. The predicted molar refractivity (Wildman–Crippen MR) is 98.3 cm³/mol. The number of benzene rings is 1. The van der Waals surface area contributed by atoms with Gasteiger partial charge in [-0.05, 0) is 55.7 Å². The van der Waals surface area contributed by atoms with Crippen molar-refractivity contribution in [3.63, 3.8) is 0 Å². The van der Waals surface area contributed by atoms with Gasteiger partial charge >= 0.3 is 0 Å². The standard InChI is InChI=1S/C18H17ClFN3O2S/c1-23(26(24,25)13-5-2-11(20)3-6-13)12-4-7-15-14(10-12)18-16(21-15)8-9-17(19)22-18/h2-3,5-6,8-9,12,21H,4,7,10H2,1H3. The molecule has 136 valence electrons. The summed E-state index contributed by atoms with van der Waals surface area (Å²) in [5.74, 6) is -0.462. The number of fused-ring (bicyclic) bond motifs is 3. The average Bonchev–Trinajstić information content (AvgIpc) is 2.98. The van der Waals surface area contributed by atoms with Crippen molar-refractivity contribution in [1.82, 2.24) is 14.3 Å². The third kappa shape index (κ3) is 2.90. The normalized spacial score (nSPS) is 17.6. The molecule has 0 spiro atoms. The highest BCUT2D eigenvalue weighted by Gasteiger charge is 2.32. The molecule has 0 fully saturated rings. The van der Waals surface area contributed by atoms with E-state index in [-0.39, 0.29) is 10.9 Å². The van der Waals surface area contributed by atoms with E-state index in [4.69, 9.17) is 11.6 Å². The summed E-state index contributed by atoms with van der Waals surface area (Å²) >= 11 is 6.02. The first-order valence-corrected chi connectivity index (χ1v) is 10.1. The molecule has 1 aliphatic carbocycles. The van der Waals surface area contributed by atoms with Crippen LogP contribution in [-0.4, -0.2) is 35.8 Å². The van der Waals surface area contributed by atoms with Crippen LogP contribution >= 0.6 is 11.6 Å². The van der Waals surface area contributed by atoms with E-state index in [1.807, 2.05) is 6.07 Å². The van der Waals surface area contributed by atoms with Crippen LogP contribution in [0.3, 0.4) is 0 Å². The average molecular weight is 394 g/mol. The first-order chi connectivity index (χ1) is 12.4. The first kappa shape index (κ1) is 17.5. The molecule has 0 saturated heterocycles. The number of sulfonamides is 1. The molecule has 0 radical (unpaired) electrons. The van der Waals surface area contributed by atoms with Gasteiger partial charge in [-0.25, -0.2) is 17.8 Å². The molecule has 0 saturated carbocycles. The molecule has 2 heterocycles. The Bertz CT molecular complexity index is 1080. The summed E-state index contributed by atoms with van der Waals surface area (Å²) in [7, 11) is -2.12. The molecule has 0 amide bonds. The fraction of sp³-hybridized carbons (Fsp3) is 0.278. The molecule has 1 unspecified atom stereocenters. The molecular formula is C18H17ClFN3O2S. The third-order valence-electron chi connectivity index (χ3n) is 4.97. The maximum absolute atomic E-state index is 13.1. The molecule has 1 aromatic carbocycles. The zero-order valence-corrected chi connectivity index (χ0v) is 15.6. The van der Waals surface area contributed by atoms with E-state index in [1.54, 1.807) is 13.1 Å². The number of aryl methyl sites for hydroxylation is 1. The summed E-state index contributed by atoms with van der Waals surface area (Å²) < 4.78 is 40.2. The molecule has 2 aromatic heterocycles. The van der Waals surface area contributed by atoms with Gasteiger partial charge in [0.15, 0.2) is 0 Å². The zero-order valence-electron chi connectivity index (χ0n) is 14.0. The Hall–Kier alpha value is -1.96. The Labute approximate surface area is 155 Å². The highest BCUT2D eigenvalue weighted by atomic mass is 35.5. The number of hydrogen-bond acceptors (Lipinski definition) is 3. The van der Waals surface area contributed by atoms with Gasteiger partial charge in [0, 0.05) is 24.3 Å². The monoisotopic (exact) mass is 393 g/mol. The quantitative estimate of drug-likeness (QED) is 0.692. The highest BCUT2D eigenvalue weighted by molar-refractivity contribution is 7.89. The lowest BCUT2D eigenvalue weighted by atomic mass is 9.93. The van der Waals surface area contributed by atoms with Crippen molar-refractivity contribution in [1.29, 1.82) is 0 Å². The van der Waals surface area contributed by atoms with Crippen molar-refractivity contribution in [2.75, 3.05) is 7.05 Å². The SMILES string of the molecule is CN(C1CCc2[nH]c3ccc(Cl)nc3c2C1)S(=O)(=O)c1ccc(F)cc1. The molecule has 1 aliphatic rings. The van der Waals surface area contributed by atoms with Crippen LogP contribution in [0.2, 0.25) is 5.15 Å². The number of H-pyrrole nitrogens is 1. The Morgan fingerprint density at radius 2 is 1.96 bits per heavy atom. The maximum Gasteiger partial charge on any atom is 0.243 e. The summed E-state index contributed by atoms with van der Waals surface area (Å²) in [6.45, 7) is 0. The van der Waals surface area contributed by atoms with E-state index in [0.29, 0.717) is 18.0 Å². The first-order valence-electron chi connectivity index (χ1n) is 8.26. The molecule has 5 nitrogen and oxygen atoms in total. The minimum Gasteiger partial charge on any atom is -0.357 e. The minimum absolute atomic E-state index is 0.0901. The van der Waals surface area contributed by atoms with Gasteiger partial charge in [-0.2, -0.15) is 4.31 Å². The van der Waals surface area contributed by atoms with E-state index >= 15 is 0 Å². The van der Waals surface area contributed by atoms with Gasteiger partial charge in [-0.15, -0.1) is 0 Å². The van der Waals surface area contributed by atoms with Crippen LogP contribution in [0.5, 0.6) is 0 Å². The fourth-order valence-electron chi connectivity index (χ4n) is 3.51. The van der Waals surface area contributed by atoms with Gasteiger partial charge in [0.05, 0.1) is 15.9 Å². The smallest absolute Gasteiger partial charge is 0.243 e. The number of rotatable bonds is 3. The van der Waals surface area contributed by atoms with E-state index in [1.165, 1.54) is 16.4 Å². The Kier molecular flexibility index (Phi) is 4.25. The van der Waals surface area contributed by atoms with Crippen LogP contribution < -0.4 is 0 Å². The van der Waals surface area contributed by atoms with Crippen molar-refractivity contribution in [2.45, 2.75) is 30.2 Å². The van der Waals surface area contributed by atoms with Crippen LogP contribution in [0.4, 0.5) is 4.39 Å². The summed E-state index contributed by atoms with van der Waals surface area (Å²) in [6, 6.07) is 8.32. The molecule has 0 aliphatic heterocycles. The van der Waals surface area contributed by atoms with Crippen molar-refractivity contribution < 1.29 is 12.8 Å². The number of likely N-dealkylation sites (N-methyl/N-ethyl adjacent to an activating group) is 1. The topological polar surface area (TPSA) is 66.1 Å². The van der Waals surface area contributed by atoms with Crippen LogP contribution in [0.15, 0.2) is 41.3 Å². The number of nitrogens with zero attached hydrogens (tertiary/aromatic N) is 2. The summed E-state index contributed by atoms with van der Waals surface area (Å²) in [4.78, 5) is 7.84. The van der Waals surface area contributed by atoms with Gasteiger partial charge in [-0.3, -0.25) is 0 Å². The highest BCUT2D eigenvalue weighted by Crippen LogP contribution is 2.32. The minimum atomic E-state index is -3.69. The molecular weight excluding hydrogens is 377 g/mol. The van der Waals surface area contributed by atoms with Crippen LogP contribution in [-0.2, 0) is 22.9 Å². The van der Waals surface area contributed by atoms with Crippen LogP contribution in [0.1, 0.15) is 17.7 Å². The van der Waals surface area contributed by atoms with Crippen LogP contribution in [0, 0.1) is 5.82 Å². The van der Waals surface area contributed by atoms with Gasteiger partial charge in [0.2, 0.25) is 10.0 Å². The van der Waals surface area contributed by atoms with Crippen LogP contribution in [0.25, 0.3) is 11.0 Å². The Morgan fingerprint density at radius 3 is 2.69 bits per heavy atom. The fourth-order valence-corrected chi connectivity index (χ4v) is 5.04. The molecule has 4 rings (SSSR count). The van der Waals surface area contributed by atoms with Gasteiger partial charge in [-0.1, -0.05) is 11.6 Å². The molecule has 3 aromatic rings. The van der Waals surface area contributed by atoms with Crippen molar-refractivity contribution in [3.05, 3.63) is 58.6 Å². The second-order valence-corrected chi connectivity index (χ2v) is 8.87. The molecule has 1 N–H and O–H groups in total. The van der Waals surface area contributed by atoms with Gasteiger partial charge in [0.25, 0.3) is 0 Å². The lowest BCUT2D eigenvalue weighted by Gasteiger charge is -2.30. The number of pyridine rings is 1. The van der Waals surface area contributed by atoms with Crippen molar-refractivity contribution in [3.8, 4) is 0 Å². The molecule has 1 atom stereocenters. The number of hydrogen-bond donors (Lipinski definition) is 1. The maximum atomic E-state index is 13.1. The van der Waals surface area contributed by atoms with Crippen molar-refractivity contribution >= 4 is 32.7 Å². The number of aromatic amines is 1. The summed E-state index contributed by atoms with van der Waals surface area (Å²) in [6.07, 6.45) is 1.99. The Morgan fingerprint density at radius 1 is 1.23 bits per heavy atom. The van der Waals surface area contributed by atoms with E-state index in [9.17, 15) is 12.8 Å². The lowest BCUT2D eigenvalue weighted by Crippen LogP contribution is -2.40. The zero-order chi connectivity index (χ0) is 18.5. The van der Waals surface area contributed by atoms with E-state index < -0.39 is 15.8 Å². The molecule has 26 heavy (non-hydrogen) atoms. The summed E-state index contributed by atoms with van der Waals surface area (Å²) in [5, 5.41) is 0.411. The Balaban J connectivity index is 1.66. The van der Waals surface area contributed by atoms with E-state index in [0.717, 1.165) is 40.8 Å². The third-order valence-corrected chi connectivity index (χ3v) is 7.10. The number of aromatic nitrogens is 2. The summed E-state index contributed by atoms with van der Waals surface area (Å²) in [5.41, 5.74) is 3.80.